The second-order valence-corrected chi connectivity index (χ2v) is 6.74. The SMILES string of the molecule is Cc1cc(SCC(=O)OCCOc2ccc(C(=O)O)cc2)cs1. The lowest BCUT2D eigenvalue weighted by atomic mass is 10.2. The average Bonchev–Trinajstić information content (AvgIpc) is 2.95. The number of aromatic carboxylic acids is 1. The van der Waals surface area contributed by atoms with Crippen molar-refractivity contribution in [3.8, 4) is 5.75 Å². The summed E-state index contributed by atoms with van der Waals surface area (Å²) >= 11 is 3.10. The van der Waals surface area contributed by atoms with Gasteiger partial charge in [0.1, 0.15) is 19.0 Å². The van der Waals surface area contributed by atoms with Gasteiger partial charge < -0.3 is 14.6 Å². The number of rotatable bonds is 8. The molecular weight excluding hydrogens is 336 g/mol. The van der Waals surface area contributed by atoms with Crippen LogP contribution in [0.5, 0.6) is 5.75 Å². The molecule has 1 aromatic carbocycles. The van der Waals surface area contributed by atoms with Crippen molar-refractivity contribution < 1.29 is 24.2 Å². The number of benzene rings is 1. The van der Waals surface area contributed by atoms with Crippen LogP contribution < -0.4 is 4.74 Å². The first-order valence-electron chi connectivity index (χ1n) is 6.84. The van der Waals surface area contributed by atoms with Crippen LogP contribution in [0.25, 0.3) is 0 Å². The van der Waals surface area contributed by atoms with Crippen molar-refractivity contribution in [3.05, 3.63) is 46.2 Å². The van der Waals surface area contributed by atoms with Crippen LogP contribution in [0.1, 0.15) is 15.2 Å². The van der Waals surface area contributed by atoms with Gasteiger partial charge in [-0.05, 0) is 37.3 Å². The lowest BCUT2D eigenvalue weighted by Crippen LogP contribution is -2.13. The van der Waals surface area contributed by atoms with Gasteiger partial charge >= 0.3 is 11.9 Å². The van der Waals surface area contributed by atoms with Crippen LogP contribution in [-0.4, -0.2) is 36.0 Å². The molecule has 0 aliphatic heterocycles. The fraction of sp³-hybridized carbons (Fsp3) is 0.250. The molecule has 0 saturated carbocycles. The topological polar surface area (TPSA) is 72.8 Å². The predicted octanol–water partition coefficient (Wildman–Crippen LogP) is 3.47. The van der Waals surface area contributed by atoms with E-state index >= 15 is 0 Å². The molecule has 1 N–H and O–H groups in total. The minimum atomic E-state index is -0.983. The molecule has 1 aromatic heterocycles. The summed E-state index contributed by atoms with van der Waals surface area (Å²) in [6.07, 6.45) is 0. The minimum absolute atomic E-state index is 0.155. The molecule has 1 heterocycles. The highest BCUT2D eigenvalue weighted by Crippen LogP contribution is 2.24. The van der Waals surface area contributed by atoms with E-state index in [-0.39, 0.29) is 30.5 Å². The Morgan fingerprint density at radius 3 is 2.57 bits per heavy atom. The van der Waals surface area contributed by atoms with Crippen molar-refractivity contribution in [2.75, 3.05) is 19.0 Å². The number of thiophene rings is 1. The molecule has 7 heteroatoms. The van der Waals surface area contributed by atoms with E-state index in [1.807, 2.05) is 18.4 Å². The third kappa shape index (κ3) is 5.96. The van der Waals surface area contributed by atoms with Gasteiger partial charge in [-0.2, -0.15) is 0 Å². The van der Waals surface area contributed by atoms with Crippen LogP contribution in [0, 0.1) is 6.92 Å². The second kappa shape index (κ2) is 8.59. The van der Waals surface area contributed by atoms with Crippen LogP contribution in [0.3, 0.4) is 0 Å². The molecule has 0 aliphatic carbocycles. The lowest BCUT2D eigenvalue weighted by Gasteiger charge is -2.07. The maximum atomic E-state index is 11.6. The number of hydrogen-bond acceptors (Lipinski definition) is 6. The molecule has 0 atom stereocenters. The van der Waals surface area contributed by atoms with E-state index in [4.69, 9.17) is 14.6 Å². The molecular formula is C16H16O5S2. The molecule has 0 unspecified atom stereocenters. The monoisotopic (exact) mass is 352 g/mol. The highest BCUT2D eigenvalue weighted by Gasteiger charge is 2.06. The summed E-state index contributed by atoms with van der Waals surface area (Å²) in [5.41, 5.74) is 0.199. The highest BCUT2D eigenvalue weighted by molar-refractivity contribution is 8.00. The molecule has 0 aliphatic rings. The van der Waals surface area contributed by atoms with Gasteiger partial charge in [0.25, 0.3) is 0 Å². The van der Waals surface area contributed by atoms with Gasteiger partial charge in [0.15, 0.2) is 0 Å². The molecule has 0 radical (unpaired) electrons. The van der Waals surface area contributed by atoms with Crippen molar-refractivity contribution in [1.29, 1.82) is 0 Å². The maximum Gasteiger partial charge on any atom is 0.335 e. The van der Waals surface area contributed by atoms with Gasteiger partial charge in [-0.3, -0.25) is 4.79 Å². The molecule has 2 aromatic rings. The van der Waals surface area contributed by atoms with E-state index in [9.17, 15) is 9.59 Å². The van der Waals surface area contributed by atoms with E-state index in [2.05, 4.69) is 0 Å². The summed E-state index contributed by atoms with van der Waals surface area (Å²) in [5, 5.41) is 10.8. The Kier molecular flexibility index (Phi) is 6.49. The van der Waals surface area contributed by atoms with E-state index in [0.29, 0.717) is 5.75 Å². The Hall–Kier alpha value is -1.99. The number of aryl methyl sites for hydroxylation is 1. The Morgan fingerprint density at radius 2 is 1.96 bits per heavy atom. The second-order valence-electron chi connectivity index (χ2n) is 4.58. The molecule has 0 saturated heterocycles. The first-order chi connectivity index (χ1) is 11.0. The summed E-state index contributed by atoms with van der Waals surface area (Å²) in [4.78, 5) is 24.6. The summed E-state index contributed by atoms with van der Waals surface area (Å²) in [7, 11) is 0. The van der Waals surface area contributed by atoms with Gasteiger partial charge in [-0.15, -0.1) is 23.1 Å². The molecule has 5 nitrogen and oxygen atoms in total. The number of thioether (sulfide) groups is 1. The highest BCUT2D eigenvalue weighted by atomic mass is 32.2. The molecule has 122 valence electrons. The zero-order chi connectivity index (χ0) is 16.7. The first-order valence-corrected chi connectivity index (χ1v) is 8.71. The molecule has 0 fully saturated rings. The third-order valence-electron chi connectivity index (χ3n) is 2.78. The Bertz CT molecular complexity index is 663. The van der Waals surface area contributed by atoms with E-state index < -0.39 is 5.97 Å². The van der Waals surface area contributed by atoms with E-state index in [0.717, 1.165) is 4.90 Å². The van der Waals surface area contributed by atoms with Gasteiger partial charge in [0.05, 0.1) is 11.3 Å². The number of ether oxygens (including phenoxy) is 2. The van der Waals surface area contributed by atoms with Crippen LogP contribution in [0.15, 0.2) is 40.6 Å². The van der Waals surface area contributed by atoms with Gasteiger partial charge in [0, 0.05) is 15.2 Å². The summed E-state index contributed by atoms with van der Waals surface area (Å²) in [6, 6.07) is 8.10. The zero-order valence-corrected chi connectivity index (χ0v) is 14.1. The predicted molar refractivity (Wildman–Crippen MR) is 89.6 cm³/mol. The van der Waals surface area contributed by atoms with Crippen molar-refractivity contribution in [1.82, 2.24) is 0 Å². The van der Waals surface area contributed by atoms with E-state index in [1.165, 1.54) is 28.8 Å². The summed E-state index contributed by atoms with van der Waals surface area (Å²) in [6.45, 7) is 2.40. The van der Waals surface area contributed by atoms with Crippen LogP contribution >= 0.6 is 23.1 Å². The largest absolute Gasteiger partial charge is 0.490 e. The molecule has 0 spiro atoms. The van der Waals surface area contributed by atoms with Gasteiger partial charge in [0.2, 0.25) is 0 Å². The minimum Gasteiger partial charge on any atom is -0.490 e. The fourth-order valence-corrected chi connectivity index (χ4v) is 3.37. The van der Waals surface area contributed by atoms with Gasteiger partial charge in [-0.1, -0.05) is 0 Å². The number of carbonyl (C=O) groups excluding carboxylic acids is 1. The van der Waals surface area contributed by atoms with Crippen molar-refractivity contribution in [3.63, 3.8) is 0 Å². The Labute approximate surface area is 142 Å². The van der Waals surface area contributed by atoms with Gasteiger partial charge in [-0.25, -0.2) is 4.79 Å². The van der Waals surface area contributed by atoms with Crippen molar-refractivity contribution in [2.45, 2.75) is 11.8 Å². The normalized spacial score (nSPS) is 10.3. The smallest absolute Gasteiger partial charge is 0.335 e. The van der Waals surface area contributed by atoms with Crippen LogP contribution in [0.4, 0.5) is 0 Å². The number of esters is 1. The van der Waals surface area contributed by atoms with Crippen LogP contribution in [-0.2, 0) is 9.53 Å². The summed E-state index contributed by atoms with van der Waals surface area (Å²) in [5.74, 6) is -0.467. The zero-order valence-electron chi connectivity index (χ0n) is 12.5. The number of carbonyl (C=O) groups is 2. The van der Waals surface area contributed by atoms with E-state index in [1.54, 1.807) is 23.5 Å². The standard InChI is InChI=1S/C16H16O5S2/c1-11-8-14(9-22-11)23-10-15(17)21-7-6-20-13-4-2-12(3-5-13)16(18)19/h2-5,8-9H,6-7,10H2,1H3,(H,18,19). The maximum absolute atomic E-state index is 11.6. The lowest BCUT2D eigenvalue weighted by molar-refractivity contribution is -0.141. The molecule has 2 rings (SSSR count). The number of carboxylic acid groups (broad SMARTS) is 1. The summed E-state index contributed by atoms with van der Waals surface area (Å²) < 4.78 is 10.5. The Morgan fingerprint density at radius 1 is 1.22 bits per heavy atom. The fourth-order valence-electron chi connectivity index (χ4n) is 1.69. The Balaban J connectivity index is 1.62. The first kappa shape index (κ1) is 17.4. The van der Waals surface area contributed by atoms with Crippen molar-refractivity contribution >= 4 is 35.0 Å². The number of hydrogen-bond donors (Lipinski definition) is 1. The number of carboxylic acids is 1. The quantitative estimate of drug-likeness (QED) is 0.445. The molecule has 0 amide bonds. The molecule has 0 bridgehead atoms. The third-order valence-corrected chi connectivity index (χ3v) is 4.74. The molecule has 23 heavy (non-hydrogen) atoms. The average molecular weight is 352 g/mol. The van der Waals surface area contributed by atoms with Crippen molar-refractivity contribution in [2.24, 2.45) is 0 Å². The van der Waals surface area contributed by atoms with Crippen LogP contribution in [0.2, 0.25) is 0 Å².